The molecule has 0 spiro atoms. The predicted molar refractivity (Wildman–Crippen MR) is 303 cm³/mol. The normalized spacial score (nSPS) is 16.7. The Hall–Kier alpha value is -7.05. The van der Waals surface area contributed by atoms with E-state index in [-0.39, 0.29) is 78.9 Å². The molecule has 0 radical (unpaired) electrons. The molecule has 2 aliphatic rings. The highest BCUT2D eigenvalue weighted by Crippen LogP contribution is 2.22. The highest BCUT2D eigenvalue weighted by molar-refractivity contribution is 7.88. The lowest BCUT2D eigenvalue weighted by Crippen LogP contribution is -2.55. The lowest BCUT2D eigenvalue weighted by atomic mass is 10.0. The molecule has 4 amide bonds. The number of H-pyrrole nitrogens is 1. The second-order valence-corrected chi connectivity index (χ2v) is 24.2. The van der Waals surface area contributed by atoms with Gasteiger partial charge in [-0.3, -0.25) is 38.7 Å². The van der Waals surface area contributed by atoms with Crippen molar-refractivity contribution in [3.63, 3.8) is 0 Å². The van der Waals surface area contributed by atoms with Crippen molar-refractivity contribution in [2.24, 2.45) is 16.5 Å². The van der Waals surface area contributed by atoms with Gasteiger partial charge in [-0.2, -0.15) is 17.9 Å². The van der Waals surface area contributed by atoms with Crippen molar-refractivity contribution in [2.75, 3.05) is 32.7 Å². The molecule has 0 aliphatic carbocycles. The van der Waals surface area contributed by atoms with Crippen LogP contribution >= 0.6 is 34.3 Å². The Morgan fingerprint density at radius 1 is 0.750 bits per heavy atom. The third-order valence-corrected chi connectivity index (χ3v) is 17.0. The van der Waals surface area contributed by atoms with Crippen LogP contribution in [-0.4, -0.2) is 145 Å². The number of Topliss-reactive ketones (excluding diaryl/α,β-unsaturated/α-hetero) is 2. The smallest absolute Gasteiger partial charge is 0.277 e. The number of sulfonamides is 1. The number of benzene rings is 2. The van der Waals surface area contributed by atoms with E-state index in [2.05, 4.69) is 49.7 Å². The number of nitrogens with one attached hydrogen (secondary N) is 6. The first-order chi connectivity index (χ1) is 38.3. The fraction of sp³-hybridized carbons (Fsp3) is 0.373. The molecule has 4 atom stereocenters. The zero-order chi connectivity index (χ0) is 57.2. The summed E-state index contributed by atoms with van der Waals surface area (Å²) < 4.78 is 58.1. The molecule has 6 heterocycles. The maximum atomic E-state index is 13.3. The largest absolute Gasteiger partial charge is 0.370 e. The Morgan fingerprint density at radius 3 is 1.99 bits per heavy atom. The van der Waals surface area contributed by atoms with Crippen molar-refractivity contribution in [3.8, 4) is 0 Å². The second-order valence-electron chi connectivity index (χ2n) is 18.7. The Balaban J connectivity index is 0.000000232. The molecule has 0 saturated carbocycles. The molecule has 0 unspecified atom stereocenters. The number of guanidine groups is 1. The molecule has 426 valence electrons. The molecule has 4 aromatic heterocycles. The van der Waals surface area contributed by atoms with E-state index < -0.39 is 68.0 Å². The Bertz CT molecular complexity index is 3330. The monoisotopic (exact) mass is 1190 g/mol. The third-order valence-electron chi connectivity index (χ3n) is 12.7. The summed E-state index contributed by atoms with van der Waals surface area (Å²) in [6, 6.07) is 13.7. The highest BCUT2D eigenvalue weighted by atomic mass is 35.5. The molecule has 10 N–H and O–H groups in total. The Kier molecular flexibility index (Phi) is 21.9. The number of carbonyl (C=O) groups excluding carboxylic acids is 6. The molecule has 2 saturated heterocycles. The number of aromatic nitrogens is 4. The minimum atomic E-state index is -4.00. The summed E-state index contributed by atoms with van der Waals surface area (Å²) in [7, 11) is -7.83. The van der Waals surface area contributed by atoms with Gasteiger partial charge in [0.2, 0.25) is 45.2 Å². The number of fused-ring (bicyclic) bond motifs is 1. The van der Waals surface area contributed by atoms with Crippen molar-refractivity contribution in [3.05, 3.63) is 134 Å². The number of nitrogens with two attached hydrogens (primary N) is 2. The van der Waals surface area contributed by atoms with Crippen molar-refractivity contribution < 1.29 is 45.6 Å². The van der Waals surface area contributed by atoms with Crippen LogP contribution < -0.4 is 36.3 Å². The number of ketones is 2. The number of para-hydroxylation sites is 1. The van der Waals surface area contributed by atoms with Gasteiger partial charge in [0, 0.05) is 90.3 Å². The van der Waals surface area contributed by atoms with Crippen LogP contribution in [0.25, 0.3) is 10.9 Å². The first kappa shape index (κ1) is 60.6. The predicted octanol–water partition coefficient (Wildman–Crippen LogP) is 2.56. The first-order valence-corrected chi connectivity index (χ1v) is 30.6. The number of nitrogens with zero attached hydrogens (tertiary/aromatic N) is 6. The van der Waals surface area contributed by atoms with E-state index in [4.69, 9.17) is 23.1 Å². The van der Waals surface area contributed by atoms with Gasteiger partial charge in [-0.1, -0.05) is 41.9 Å². The quantitative estimate of drug-likeness (QED) is 0.0177. The average Bonchev–Trinajstić information content (AvgIpc) is 4.25. The third kappa shape index (κ3) is 18.2. The number of thiazole rings is 2. The van der Waals surface area contributed by atoms with Crippen LogP contribution in [0, 0.1) is 0 Å². The van der Waals surface area contributed by atoms with Crippen molar-refractivity contribution in [1.82, 2.24) is 54.5 Å². The topological polar surface area (TPSA) is 356 Å². The SMILES string of the molecule is NC(N)=NCCC[C@H](NC(=O)CN1CCCC[C@H](NS(=O)(=O)NCc2ccncc2)C1=O)C(=O)c1nccs1.O=C(CN1CCC[C@H](NS(=O)(=O)Cc2ccc(Cl)cc2)C1=O)N[C@@H](Cc1c[nH]c2ccccc12)C(=O)c1nccs1. The van der Waals surface area contributed by atoms with Crippen LogP contribution in [0.4, 0.5) is 0 Å². The number of amides is 4. The number of hydrogen-bond acceptors (Lipinski definition) is 16. The molecule has 0 bridgehead atoms. The number of piperidine rings is 1. The Morgan fingerprint density at radius 2 is 1.35 bits per heavy atom. The average molecular weight is 1190 g/mol. The van der Waals surface area contributed by atoms with Gasteiger partial charge in [-0.05, 0) is 92.0 Å². The number of hydrogen-bond donors (Lipinski definition) is 8. The van der Waals surface area contributed by atoms with E-state index in [9.17, 15) is 45.6 Å². The summed E-state index contributed by atoms with van der Waals surface area (Å²) in [6.07, 6.45) is 11.2. The fourth-order valence-electron chi connectivity index (χ4n) is 8.86. The van der Waals surface area contributed by atoms with Crippen LogP contribution in [0.3, 0.4) is 0 Å². The fourth-order valence-corrected chi connectivity index (χ4v) is 12.6. The molecule has 29 heteroatoms. The van der Waals surface area contributed by atoms with Crippen LogP contribution in [0.15, 0.2) is 107 Å². The number of aliphatic imine (C=N–C) groups is 1. The molecule has 2 fully saturated rings. The first-order valence-electron chi connectivity index (χ1n) is 25.4. The molecular formula is C51H61ClN14O10S4. The molecule has 2 aromatic carbocycles. The molecule has 6 aromatic rings. The van der Waals surface area contributed by atoms with Crippen molar-refractivity contribution >= 4 is 107 Å². The summed E-state index contributed by atoms with van der Waals surface area (Å²) in [5, 5.41) is 10.8. The van der Waals surface area contributed by atoms with Gasteiger partial charge in [0.15, 0.2) is 16.0 Å². The summed E-state index contributed by atoms with van der Waals surface area (Å²) in [5.74, 6) is -3.09. The molecule has 80 heavy (non-hydrogen) atoms. The lowest BCUT2D eigenvalue weighted by Gasteiger charge is -2.32. The summed E-state index contributed by atoms with van der Waals surface area (Å²) in [5.41, 5.74) is 13.7. The molecule has 24 nitrogen and oxygen atoms in total. The van der Waals surface area contributed by atoms with Crippen molar-refractivity contribution in [2.45, 2.75) is 87.8 Å². The standard InChI is InChI=1S/C28H28ClN5O5S2.C23H33N9O5S2/c29-20-9-7-18(8-10-20)17-41(38,39)33-23-6-3-12-34(28(23)37)16-25(35)32-24(26(36)27-30-11-13-40-27)14-19-15-31-22-5-2-1-4-21(19)22;24-23(25)28-8-3-5-17(20(34)21-27-11-13-38-21)30-19(33)15-32-12-2-1-4-18(22(32)35)31-39(36,37)29-14-16-6-9-26-10-7-16/h1-2,4-5,7-11,13,15,23-24,31,33H,3,6,12,14,16-17H2,(H,32,35);6-7,9-11,13,17-18,29,31H,1-5,8,12,14-15H2,(H,30,33)(H4,24,25,28)/t23-,24-;17-,18-/m00/s1. The molecular weight excluding hydrogens is 1130 g/mol. The van der Waals surface area contributed by atoms with E-state index >= 15 is 0 Å². The zero-order valence-corrected chi connectivity index (χ0v) is 47.2. The number of rotatable bonds is 25. The number of pyridine rings is 1. The van der Waals surface area contributed by atoms with Crippen LogP contribution in [-0.2, 0) is 58.1 Å². The summed E-state index contributed by atoms with van der Waals surface area (Å²) >= 11 is 8.23. The van der Waals surface area contributed by atoms with Gasteiger partial charge in [0.05, 0.1) is 30.9 Å². The van der Waals surface area contributed by atoms with Gasteiger partial charge >= 0.3 is 0 Å². The van der Waals surface area contributed by atoms with Gasteiger partial charge in [0.25, 0.3) is 10.2 Å². The van der Waals surface area contributed by atoms with E-state index in [1.54, 1.807) is 59.6 Å². The number of halogens is 1. The van der Waals surface area contributed by atoms with E-state index in [0.29, 0.717) is 61.2 Å². The molecule has 2 aliphatic heterocycles. The van der Waals surface area contributed by atoms with Gasteiger partial charge < -0.3 is 36.9 Å². The number of carbonyl (C=O) groups is 6. The van der Waals surface area contributed by atoms with E-state index in [1.165, 1.54) is 33.5 Å². The minimum absolute atomic E-state index is 0.0303. The van der Waals surface area contributed by atoms with Gasteiger partial charge in [-0.15, -0.1) is 22.7 Å². The van der Waals surface area contributed by atoms with Crippen LogP contribution in [0.1, 0.15) is 81.2 Å². The summed E-state index contributed by atoms with van der Waals surface area (Å²) in [6.45, 7) is 0.268. The summed E-state index contributed by atoms with van der Waals surface area (Å²) in [4.78, 5) is 100. The van der Waals surface area contributed by atoms with Gasteiger partial charge in [0.1, 0.15) is 12.1 Å². The lowest BCUT2D eigenvalue weighted by molar-refractivity contribution is -0.139. The Labute approximate surface area is 475 Å². The number of likely N-dealkylation sites (tertiary alicyclic amines) is 2. The minimum Gasteiger partial charge on any atom is -0.370 e. The van der Waals surface area contributed by atoms with Crippen LogP contribution in [0.2, 0.25) is 5.02 Å². The second kappa shape index (κ2) is 28.9. The van der Waals surface area contributed by atoms with E-state index in [1.807, 2.05) is 30.5 Å². The zero-order valence-electron chi connectivity index (χ0n) is 43.2. The maximum absolute atomic E-state index is 13.3. The molecule has 8 rings (SSSR count). The highest BCUT2D eigenvalue weighted by Gasteiger charge is 2.35. The van der Waals surface area contributed by atoms with Crippen LogP contribution in [0.5, 0.6) is 0 Å². The van der Waals surface area contributed by atoms with Crippen molar-refractivity contribution in [1.29, 1.82) is 0 Å². The number of aromatic amines is 1. The maximum Gasteiger partial charge on any atom is 0.277 e. The van der Waals surface area contributed by atoms with E-state index in [0.717, 1.165) is 27.8 Å². The van der Waals surface area contributed by atoms with Gasteiger partial charge in [-0.25, -0.2) is 23.1 Å².